The highest BCUT2D eigenvalue weighted by Gasteiger charge is 2.13. The van der Waals surface area contributed by atoms with Gasteiger partial charge in [0.25, 0.3) is 0 Å². The second kappa shape index (κ2) is 5.05. The minimum atomic E-state index is -0.148. The second-order valence-corrected chi connectivity index (χ2v) is 3.42. The Labute approximate surface area is 96.9 Å². The fraction of sp³-hybridized carbons (Fsp3) is 0.100. The Kier molecular flexibility index (Phi) is 4.00. The van der Waals surface area contributed by atoms with Crippen LogP contribution in [0.15, 0.2) is 12.1 Å². The van der Waals surface area contributed by atoms with Crippen molar-refractivity contribution in [1.82, 2.24) is 0 Å². The molecular weight excluding hydrogens is 239 g/mol. The summed E-state index contributed by atoms with van der Waals surface area (Å²) >= 11 is 11.7. The van der Waals surface area contributed by atoms with E-state index in [9.17, 15) is 9.90 Å². The number of rotatable bonds is 3. The Hall–Kier alpha value is -1.19. The molecule has 0 fully saturated rings. The Morgan fingerprint density at radius 2 is 2.13 bits per heavy atom. The first kappa shape index (κ1) is 11.9. The number of phenolic OH excluding ortho intramolecular Hbond substituents is 1. The van der Waals surface area contributed by atoms with Crippen LogP contribution in [0.1, 0.15) is 5.56 Å². The molecule has 0 atom stereocenters. The number of methoxy groups -OCH3 is 1. The summed E-state index contributed by atoms with van der Waals surface area (Å²) in [6.07, 6.45) is 3.14. The lowest BCUT2D eigenvalue weighted by Crippen LogP contribution is -1.88. The van der Waals surface area contributed by atoms with Crippen LogP contribution in [-0.2, 0) is 4.79 Å². The molecule has 1 aromatic rings. The third-order valence-electron chi connectivity index (χ3n) is 1.75. The van der Waals surface area contributed by atoms with Gasteiger partial charge in [-0.1, -0.05) is 23.2 Å². The van der Waals surface area contributed by atoms with Crippen LogP contribution in [0.3, 0.4) is 0 Å². The Morgan fingerprint density at radius 1 is 1.47 bits per heavy atom. The number of benzene rings is 1. The van der Waals surface area contributed by atoms with Gasteiger partial charge in [0.15, 0.2) is 11.5 Å². The highest BCUT2D eigenvalue weighted by atomic mass is 35.5. The third-order valence-corrected chi connectivity index (χ3v) is 2.56. The molecule has 0 aliphatic carbocycles. The van der Waals surface area contributed by atoms with E-state index in [1.165, 1.54) is 25.3 Å². The van der Waals surface area contributed by atoms with Crippen LogP contribution >= 0.6 is 23.2 Å². The first-order valence-electron chi connectivity index (χ1n) is 3.98. The molecule has 1 rings (SSSR count). The van der Waals surface area contributed by atoms with E-state index in [0.29, 0.717) is 6.29 Å². The summed E-state index contributed by atoms with van der Waals surface area (Å²) in [5.74, 6) is 0.0555. The number of hydrogen-bond donors (Lipinski definition) is 1. The van der Waals surface area contributed by atoms with Crippen LogP contribution in [0.4, 0.5) is 0 Å². The number of carbonyl (C=O) groups excluding carboxylic acids is 1. The number of aldehydes is 1. The van der Waals surface area contributed by atoms with Crippen molar-refractivity contribution < 1.29 is 14.6 Å². The summed E-state index contributed by atoms with van der Waals surface area (Å²) < 4.78 is 4.89. The van der Waals surface area contributed by atoms with Gasteiger partial charge in [0.1, 0.15) is 6.29 Å². The van der Waals surface area contributed by atoms with E-state index in [1.54, 1.807) is 0 Å². The fourth-order valence-corrected chi connectivity index (χ4v) is 1.46. The molecule has 0 spiro atoms. The minimum Gasteiger partial charge on any atom is -0.504 e. The number of hydrogen-bond acceptors (Lipinski definition) is 3. The van der Waals surface area contributed by atoms with Gasteiger partial charge in [-0.05, 0) is 12.2 Å². The van der Waals surface area contributed by atoms with Gasteiger partial charge in [-0.25, -0.2) is 0 Å². The molecule has 1 aromatic carbocycles. The smallest absolute Gasteiger partial charge is 0.166 e. The summed E-state index contributed by atoms with van der Waals surface area (Å²) in [6, 6.07) is 1.40. The second-order valence-electron chi connectivity index (χ2n) is 2.63. The van der Waals surface area contributed by atoms with Crippen molar-refractivity contribution >= 4 is 35.6 Å². The zero-order valence-electron chi connectivity index (χ0n) is 7.83. The Morgan fingerprint density at radius 3 is 2.67 bits per heavy atom. The lowest BCUT2D eigenvalue weighted by molar-refractivity contribution is -0.104. The topological polar surface area (TPSA) is 46.5 Å². The molecule has 0 aromatic heterocycles. The Bertz CT molecular complexity index is 414. The van der Waals surface area contributed by atoms with E-state index in [-0.39, 0.29) is 27.1 Å². The maximum absolute atomic E-state index is 10.2. The van der Waals surface area contributed by atoms with Crippen LogP contribution in [0.2, 0.25) is 10.0 Å². The molecule has 1 N–H and O–H groups in total. The summed E-state index contributed by atoms with van der Waals surface area (Å²) in [4.78, 5) is 10.2. The predicted octanol–water partition coefficient (Wildman–Crippen LogP) is 2.92. The minimum absolute atomic E-state index is 0.148. The summed E-state index contributed by atoms with van der Waals surface area (Å²) in [6.45, 7) is 0. The molecule has 0 amide bonds. The van der Waals surface area contributed by atoms with Gasteiger partial charge < -0.3 is 9.84 Å². The molecule has 0 unspecified atom stereocenters. The van der Waals surface area contributed by atoms with Gasteiger partial charge in [-0.2, -0.15) is 0 Å². The highest BCUT2D eigenvalue weighted by molar-refractivity contribution is 6.43. The van der Waals surface area contributed by atoms with E-state index < -0.39 is 0 Å². The van der Waals surface area contributed by atoms with E-state index in [1.807, 2.05) is 0 Å². The molecule has 3 nitrogen and oxygen atoms in total. The predicted molar refractivity (Wildman–Crippen MR) is 59.8 cm³/mol. The van der Waals surface area contributed by atoms with Crippen molar-refractivity contribution in [3.8, 4) is 11.5 Å². The van der Waals surface area contributed by atoms with Crippen molar-refractivity contribution in [1.29, 1.82) is 0 Å². The van der Waals surface area contributed by atoms with E-state index in [0.717, 1.165) is 0 Å². The quantitative estimate of drug-likeness (QED) is 0.659. The summed E-state index contributed by atoms with van der Waals surface area (Å²) in [5.41, 5.74) is 0.258. The monoisotopic (exact) mass is 246 g/mol. The van der Waals surface area contributed by atoms with Crippen LogP contribution in [0, 0.1) is 0 Å². The number of phenols is 1. The van der Waals surface area contributed by atoms with Crippen LogP contribution < -0.4 is 4.74 Å². The molecule has 0 heterocycles. The molecule has 0 radical (unpaired) electrons. The van der Waals surface area contributed by atoms with Gasteiger partial charge in [0.2, 0.25) is 0 Å². The van der Waals surface area contributed by atoms with E-state index in [4.69, 9.17) is 27.9 Å². The van der Waals surface area contributed by atoms with Crippen molar-refractivity contribution in [2.75, 3.05) is 7.11 Å². The lowest BCUT2D eigenvalue weighted by Gasteiger charge is -2.09. The van der Waals surface area contributed by atoms with E-state index in [2.05, 4.69) is 0 Å². The summed E-state index contributed by atoms with van der Waals surface area (Å²) in [5, 5.41) is 10.1. The first-order valence-corrected chi connectivity index (χ1v) is 4.74. The maximum atomic E-state index is 10.2. The van der Waals surface area contributed by atoms with Crippen LogP contribution in [0.5, 0.6) is 11.5 Å². The first-order chi connectivity index (χ1) is 7.11. The fourth-order valence-electron chi connectivity index (χ4n) is 1.06. The molecule has 0 aliphatic heterocycles. The number of ether oxygens (including phenoxy) is 1. The molecular formula is C10H8Cl2O3. The number of aromatic hydroxyl groups is 1. The largest absolute Gasteiger partial charge is 0.504 e. The number of halogens is 2. The SMILES string of the molecule is COc1cc(Cl)c(Cl)c(C=CC=O)c1O. The van der Waals surface area contributed by atoms with Crippen LogP contribution in [-0.4, -0.2) is 18.5 Å². The van der Waals surface area contributed by atoms with Gasteiger partial charge in [0.05, 0.1) is 17.2 Å². The van der Waals surface area contributed by atoms with Gasteiger partial charge in [-0.3, -0.25) is 4.79 Å². The molecule has 5 heteroatoms. The third kappa shape index (κ3) is 2.43. The van der Waals surface area contributed by atoms with Crippen molar-refractivity contribution in [2.24, 2.45) is 0 Å². The maximum Gasteiger partial charge on any atom is 0.166 e. The van der Waals surface area contributed by atoms with Gasteiger partial charge in [-0.15, -0.1) is 0 Å². The van der Waals surface area contributed by atoms with Gasteiger partial charge >= 0.3 is 0 Å². The van der Waals surface area contributed by atoms with Crippen LogP contribution in [0.25, 0.3) is 6.08 Å². The van der Waals surface area contributed by atoms with Crippen molar-refractivity contribution in [2.45, 2.75) is 0 Å². The molecule has 0 saturated carbocycles. The Balaban J connectivity index is 3.39. The number of allylic oxidation sites excluding steroid dienone is 1. The molecule has 0 saturated heterocycles. The highest BCUT2D eigenvalue weighted by Crippen LogP contribution is 2.40. The van der Waals surface area contributed by atoms with Crippen molar-refractivity contribution in [3.05, 3.63) is 27.8 Å². The average Bonchev–Trinajstić information content (AvgIpc) is 2.23. The lowest BCUT2D eigenvalue weighted by atomic mass is 10.1. The average molecular weight is 247 g/mol. The van der Waals surface area contributed by atoms with Gasteiger partial charge in [0, 0.05) is 11.6 Å². The zero-order valence-corrected chi connectivity index (χ0v) is 9.34. The van der Waals surface area contributed by atoms with Crippen molar-refractivity contribution in [3.63, 3.8) is 0 Å². The molecule has 15 heavy (non-hydrogen) atoms. The molecule has 0 aliphatic rings. The normalized spacial score (nSPS) is 10.6. The standard InChI is InChI=1S/C10H8Cl2O3/c1-15-8-5-7(11)9(12)6(10(8)14)3-2-4-13/h2-5,14H,1H3. The zero-order chi connectivity index (χ0) is 11.4. The number of carbonyl (C=O) groups is 1. The molecule has 80 valence electrons. The van der Waals surface area contributed by atoms with E-state index >= 15 is 0 Å². The molecule has 0 bridgehead atoms. The summed E-state index contributed by atoms with van der Waals surface area (Å²) in [7, 11) is 1.40.